The number of ether oxygens (including phenoxy) is 3. The van der Waals surface area contributed by atoms with Crippen molar-refractivity contribution in [2.75, 3.05) is 13.2 Å². The number of hydrogen-bond donors (Lipinski definition) is 0. The van der Waals surface area contributed by atoms with Gasteiger partial charge in [0.25, 0.3) is 0 Å². The minimum absolute atomic E-state index is 0.0690. The minimum atomic E-state index is -0.765. The summed E-state index contributed by atoms with van der Waals surface area (Å²) in [5.74, 6) is -0.872. The summed E-state index contributed by atoms with van der Waals surface area (Å²) < 4.78 is 16.7. The Balaban J connectivity index is 4.27. The molecule has 0 aromatic heterocycles. The third kappa shape index (κ3) is 41.3. The summed E-state index contributed by atoms with van der Waals surface area (Å²) in [6.45, 7) is 6.60. The van der Waals surface area contributed by atoms with Gasteiger partial charge in [0.1, 0.15) is 13.2 Å². The van der Waals surface area contributed by atoms with E-state index < -0.39 is 6.10 Å². The van der Waals surface area contributed by atoms with Gasteiger partial charge in [0.2, 0.25) is 0 Å². The summed E-state index contributed by atoms with van der Waals surface area (Å²) in [5.41, 5.74) is 0. The number of unbranched alkanes of at least 4 members (excludes halogenated alkanes) is 30. The van der Waals surface area contributed by atoms with Crippen molar-refractivity contribution >= 4 is 17.9 Å². The van der Waals surface area contributed by atoms with Crippen LogP contribution in [0.1, 0.15) is 258 Å². The van der Waals surface area contributed by atoms with Crippen molar-refractivity contribution in [3.05, 3.63) is 12.2 Å². The maximum absolute atomic E-state index is 12.7. The minimum Gasteiger partial charge on any atom is -0.462 e. The van der Waals surface area contributed by atoms with Crippen LogP contribution in [0.15, 0.2) is 12.2 Å². The van der Waals surface area contributed by atoms with Crippen molar-refractivity contribution in [2.24, 2.45) is 0 Å². The number of esters is 3. The molecule has 0 aromatic rings. The Kier molecular flexibility index (Phi) is 42.4. The van der Waals surface area contributed by atoms with E-state index in [1.807, 2.05) is 0 Å². The second-order valence-corrected chi connectivity index (χ2v) is 16.0. The molecule has 54 heavy (non-hydrogen) atoms. The van der Waals surface area contributed by atoms with Gasteiger partial charge in [-0.3, -0.25) is 14.4 Å². The molecule has 0 aromatic carbocycles. The quantitative estimate of drug-likeness (QED) is 0.0266. The molecule has 0 rings (SSSR count). The first-order valence-corrected chi connectivity index (χ1v) is 23.7. The van der Waals surface area contributed by atoms with Crippen LogP contribution < -0.4 is 0 Å². The molecular weight excluding hydrogens is 673 g/mol. The molecular formula is C48H90O6. The van der Waals surface area contributed by atoms with Crippen LogP contribution in [0.4, 0.5) is 0 Å². The third-order valence-electron chi connectivity index (χ3n) is 10.5. The molecule has 0 aliphatic heterocycles. The molecule has 0 amide bonds. The van der Waals surface area contributed by atoms with Crippen molar-refractivity contribution in [1.29, 1.82) is 0 Å². The van der Waals surface area contributed by atoms with E-state index in [0.29, 0.717) is 19.3 Å². The van der Waals surface area contributed by atoms with Crippen molar-refractivity contribution in [1.82, 2.24) is 0 Å². The number of carbonyl (C=O) groups is 3. The lowest BCUT2D eigenvalue weighted by molar-refractivity contribution is -0.167. The van der Waals surface area contributed by atoms with Gasteiger partial charge in [0, 0.05) is 19.3 Å². The zero-order valence-electron chi connectivity index (χ0n) is 36.3. The maximum atomic E-state index is 12.7. The summed E-state index contributed by atoms with van der Waals surface area (Å²) in [6, 6.07) is 0. The fourth-order valence-electron chi connectivity index (χ4n) is 6.91. The van der Waals surface area contributed by atoms with Crippen molar-refractivity contribution in [2.45, 2.75) is 264 Å². The monoisotopic (exact) mass is 763 g/mol. The van der Waals surface area contributed by atoms with E-state index >= 15 is 0 Å². The summed E-state index contributed by atoms with van der Waals surface area (Å²) >= 11 is 0. The molecule has 6 nitrogen and oxygen atoms in total. The van der Waals surface area contributed by atoms with Crippen LogP contribution in [-0.4, -0.2) is 37.2 Å². The zero-order chi connectivity index (χ0) is 39.4. The lowest BCUT2D eigenvalue weighted by atomic mass is 10.0. The van der Waals surface area contributed by atoms with Crippen LogP contribution in [0.2, 0.25) is 0 Å². The molecule has 0 heterocycles. The van der Waals surface area contributed by atoms with E-state index in [1.54, 1.807) is 0 Å². The van der Waals surface area contributed by atoms with Gasteiger partial charge in [0.15, 0.2) is 6.10 Å². The van der Waals surface area contributed by atoms with Gasteiger partial charge in [-0.25, -0.2) is 0 Å². The fraction of sp³-hybridized carbons (Fsp3) is 0.896. The molecule has 0 radical (unpaired) electrons. The van der Waals surface area contributed by atoms with Gasteiger partial charge in [-0.2, -0.15) is 0 Å². The predicted octanol–water partition coefficient (Wildman–Crippen LogP) is 15.0. The zero-order valence-corrected chi connectivity index (χ0v) is 36.3. The standard InChI is InChI=1S/C48H90O6/c1-4-7-10-13-16-19-21-23-24-25-26-28-29-32-35-38-41-47(50)53-44-45(43-52-46(49)40-37-34-31-18-15-12-9-6-3)54-48(51)42-39-36-33-30-27-22-20-17-14-11-8-5-2/h17,20,45H,4-16,18-19,21-44H2,1-3H3/b20-17-. The van der Waals surface area contributed by atoms with Gasteiger partial charge < -0.3 is 14.2 Å². The van der Waals surface area contributed by atoms with Crippen LogP contribution in [0.5, 0.6) is 0 Å². The van der Waals surface area contributed by atoms with E-state index in [0.717, 1.165) is 64.2 Å². The number of allylic oxidation sites excluding steroid dienone is 2. The fourth-order valence-corrected chi connectivity index (χ4v) is 6.91. The molecule has 1 unspecified atom stereocenters. The molecule has 6 heteroatoms. The van der Waals surface area contributed by atoms with E-state index in [-0.39, 0.29) is 31.1 Å². The maximum Gasteiger partial charge on any atom is 0.306 e. The highest BCUT2D eigenvalue weighted by Crippen LogP contribution is 2.15. The van der Waals surface area contributed by atoms with Crippen LogP contribution in [0, 0.1) is 0 Å². The number of carbonyl (C=O) groups excluding carboxylic acids is 3. The van der Waals surface area contributed by atoms with E-state index in [4.69, 9.17) is 14.2 Å². The second-order valence-electron chi connectivity index (χ2n) is 16.0. The largest absolute Gasteiger partial charge is 0.462 e. The summed E-state index contributed by atoms with van der Waals surface area (Å²) in [4.78, 5) is 37.7. The SMILES string of the molecule is CCCCC/C=C\CCCCCCCC(=O)OC(COC(=O)CCCCCCCCCC)COC(=O)CCCCCCCCCCCCCCCCCC. The van der Waals surface area contributed by atoms with Gasteiger partial charge in [-0.05, 0) is 44.9 Å². The highest BCUT2D eigenvalue weighted by atomic mass is 16.6. The molecule has 1 atom stereocenters. The molecule has 0 spiro atoms. The van der Waals surface area contributed by atoms with E-state index in [9.17, 15) is 14.4 Å². The highest BCUT2D eigenvalue weighted by molar-refractivity contribution is 5.71. The Morgan fingerprint density at radius 3 is 0.963 bits per heavy atom. The van der Waals surface area contributed by atoms with Gasteiger partial charge in [-0.15, -0.1) is 0 Å². The lowest BCUT2D eigenvalue weighted by Gasteiger charge is -2.18. The van der Waals surface area contributed by atoms with Crippen molar-refractivity contribution < 1.29 is 28.6 Å². The Morgan fingerprint density at radius 2 is 0.611 bits per heavy atom. The number of rotatable bonds is 43. The smallest absolute Gasteiger partial charge is 0.306 e. The average Bonchev–Trinajstić information content (AvgIpc) is 3.17. The molecule has 0 saturated carbocycles. The first kappa shape index (κ1) is 52.2. The van der Waals surface area contributed by atoms with E-state index in [2.05, 4.69) is 32.9 Å². The molecule has 0 fully saturated rings. The van der Waals surface area contributed by atoms with Crippen molar-refractivity contribution in [3.8, 4) is 0 Å². The molecule has 0 N–H and O–H groups in total. The highest BCUT2D eigenvalue weighted by Gasteiger charge is 2.19. The van der Waals surface area contributed by atoms with Crippen molar-refractivity contribution in [3.63, 3.8) is 0 Å². The van der Waals surface area contributed by atoms with Gasteiger partial charge in [0.05, 0.1) is 0 Å². The summed E-state index contributed by atoms with van der Waals surface area (Å²) in [6.07, 6.45) is 46.3. The van der Waals surface area contributed by atoms with Crippen LogP contribution in [0.25, 0.3) is 0 Å². The Hall–Kier alpha value is -1.85. The molecule has 0 aliphatic rings. The van der Waals surface area contributed by atoms with Gasteiger partial charge in [-0.1, -0.05) is 206 Å². The number of hydrogen-bond acceptors (Lipinski definition) is 6. The predicted molar refractivity (Wildman–Crippen MR) is 229 cm³/mol. The van der Waals surface area contributed by atoms with Crippen LogP contribution in [-0.2, 0) is 28.6 Å². The van der Waals surface area contributed by atoms with E-state index in [1.165, 1.54) is 154 Å². The lowest BCUT2D eigenvalue weighted by Crippen LogP contribution is -2.30. The molecule has 0 bridgehead atoms. The topological polar surface area (TPSA) is 78.9 Å². The third-order valence-corrected chi connectivity index (χ3v) is 10.5. The first-order chi connectivity index (χ1) is 26.5. The molecule has 0 saturated heterocycles. The molecule has 0 aliphatic carbocycles. The Bertz CT molecular complexity index is 839. The second kappa shape index (κ2) is 43.9. The first-order valence-electron chi connectivity index (χ1n) is 23.7. The molecule has 318 valence electrons. The van der Waals surface area contributed by atoms with Gasteiger partial charge >= 0.3 is 17.9 Å². The summed E-state index contributed by atoms with van der Waals surface area (Å²) in [7, 11) is 0. The van der Waals surface area contributed by atoms with Crippen LogP contribution >= 0.6 is 0 Å². The van der Waals surface area contributed by atoms with Crippen LogP contribution in [0.3, 0.4) is 0 Å². The normalized spacial score (nSPS) is 12.0. The Labute approximate surface area is 335 Å². The average molecular weight is 763 g/mol. The summed E-state index contributed by atoms with van der Waals surface area (Å²) in [5, 5.41) is 0. The Morgan fingerprint density at radius 1 is 0.352 bits per heavy atom.